The minimum absolute atomic E-state index is 0.0974. The number of para-hydroxylation sites is 1. The third-order valence-corrected chi connectivity index (χ3v) is 4.97. The number of aromatic nitrogens is 3. The molecule has 4 aromatic rings. The number of ether oxygens (including phenoxy) is 1. The Morgan fingerprint density at radius 2 is 1.52 bits per heavy atom. The van der Waals surface area contributed by atoms with Gasteiger partial charge in [0, 0.05) is 5.56 Å². The molecule has 1 N–H and O–H groups in total. The molecule has 0 aliphatic carbocycles. The van der Waals surface area contributed by atoms with Crippen LogP contribution in [0, 0.1) is 6.92 Å². The molecule has 1 aromatic heterocycles. The van der Waals surface area contributed by atoms with Crippen LogP contribution < -0.4 is 21.8 Å². The van der Waals surface area contributed by atoms with Crippen LogP contribution in [0.3, 0.4) is 0 Å². The second kappa shape index (κ2) is 8.49. The van der Waals surface area contributed by atoms with E-state index in [4.69, 9.17) is 16.3 Å². The molecule has 8 heteroatoms. The zero-order valence-corrected chi connectivity index (χ0v) is 17.3. The van der Waals surface area contributed by atoms with Crippen molar-refractivity contribution in [2.24, 2.45) is 0 Å². The molecular formula is C23H18ClN3O4. The number of hydrogen-bond acceptors (Lipinski definition) is 4. The highest BCUT2D eigenvalue weighted by atomic mass is 35.5. The third kappa shape index (κ3) is 4.08. The first-order valence-electron chi connectivity index (χ1n) is 9.45. The molecule has 0 aliphatic heterocycles. The molecule has 0 aliphatic rings. The summed E-state index contributed by atoms with van der Waals surface area (Å²) in [5.74, 6) is 1.23. The average Bonchev–Trinajstić information content (AvgIpc) is 2.75. The van der Waals surface area contributed by atoms with Gasteiger partial charge in [-0.25, -0.2) is 23.5 Å². The Kier molecular flexibility index (Phi) is 5.60. The zero-order valence-electron chi connectivity index (χ0n) is 16.5. The van der Waals surface area contributed by atoms with E-state index in [1.54, 1.807) is 48.5 Å². The van der Waals surface area contributed by atoms with Crippen molar-refractivity contribution in [3.63, 3.8) is 0 Å². The van der Waals surface area contributed by atoms with Gasteiger partial charge in [-0.15, -0.1) is 11.6 Å². The molecule has 4 rings (SSSR count). The molecule has 0 saturated heterocycles. The van der Waals surface area contributed by atoms with Crippen LogP contribution >= 0.6 is 11.6 Å². The second-order valence-corrected chi connectivity index (χ2v) is 7.14. The largest absolute Gasteiger partial charge is 0.457 e. The first kappa shape index (κ1) is 20.4. The van der Waals surface area contributed by atoms with Crippen LogP contribution in [0.5, 0.6) is 11.5 Å². The SMILES string of the molecule is Cc1cccc(-n2c(=O)[nH]c(=O)n(-c3ccc(Oc4ccccc4)c(CCl)c3)c2=O)c1. The highest BCUT2D eigenvalue weighted by Crippen LogP contribution is 2.28. The summed E-state index contributed by atoms with van der Waals surface area (Å²) in [7, 11) is 0. The third-order valence-electron chi connectivity index (χ3n) is 4.68. The monoisotopic (exact) mass is 435 g/mol. The van der Waals surface area contributed by atoms with Gasteiger partial charge in [0.1, 0.15) is 11.5 Å². The number of nitrogens with zero attached hydrogens (tertiary/aromatic N) is 2. The van der Waals surface area contributed by atoms with E-state index in [9.17, 15) is 14.4 Å². The second-order valence-electron chi connectivity index (χ2n) is 6.87. The Hall–Kier alpha value is -3.84. The van der Waals surface area contributed by atoms with E-state index in [1.807, 2.05) is 31.2 Å². The maximum Gasteiger partial charge on any atom is 0.345 e. The number of aryl methyl sites for hydroxylation is 1. The Morgan fingerprint density at radius 1 is 0.839 bits per heavy atom. The molecule has 0 bridgehead atoms. The number of hydrogen-bond donors (Lipinski definition) is 1. The van der Waals surface area contributed by atoms with Gasteiger partial charge in [0.05, 0.1) is 17.3 Å². The van der Waals surface area contributed by atoms with E-state index in [2.05, 4.69) is 4.98 Å². The van der Waals surface area contributed by atoms with Gasteiger partial charge in [0.25, 0.3) is 0 Å². The number of nitrogens with one attached hydrogen (secondary N) is 1. The van der Waals surface area contributed by atoms with Crippen molar-refractivity contribution in [3.05, 3.63) is 115 Å². The number of rotatable bonds is 5. The normalized spacial score (nSPS) is 10.8. The lowest BCUT2D eigenvalue weighted by Crippen LogP contribution is -2.48. The van der Waals surface area contributed by atoms with Gasteiger partial charge in [0.15, 0.2) is 0 Å². The van der Waals surface area contributed by atoms with Crippen molar-refractivity contribution < 1.29 is 4.74 Å². The quantitative estimate of drug-likeness (QED) is 0.486. The van der Waals surface area contributed by atoms with Gasteiger partial charge in [-0.1, -0.05) is 30.3 Å². The predicted octanol–water partition coefficient (Wildman–Crippen LogP) is 3.52. The lowest BCUT2D eigenvalue weighted by Gasteiger charge is -2.13. The molecule has 0 amide bonds. The first-order chi connectivity index (χ1) is 15.0. The molecule has 0 spiro atoms. The lowest BCUT2D eigenvalue weighted by atomic mass is 10.2. The van der Waals surface area contributed by atoms with Crippen molar-refractivity contribution in [2.75, 3.05) is 0 Å². The van der Waals surface area contributed by atoms with Crippen LogP contribution in [0.15, 0.2) is 87.2 Å². The fourth-order valence-corrected chi connectivity index (χ4v) is 3.43. The highest BCUT2D eigenvalue weighted by molar-refractivity contribution is 6.17. The number of aromatic amines is 1. The fourth-order valence-electron chi connectivity index (χ4n) is 3.22. The van der Waals surface area contributed by atoms with Crippen LogP contribution in [0.4, 0.5) is 0 Å². The maximum atomic E-state index is 13.1. The molecular weight excluding hydrogens is 418 g/mol. The van der Waals surface area contributed by atoms with Gasteiger partial charge in [0.2, 0.25) is 0 Å². The van der Waals surface area contributed by atoms with Gasteiger partial charge in [-0.2, -0.15) is 0 Å². The van der Waals surface area contributed by atoms with Gasteiger partial charge in [-0.05, 0) is 55.0 Å². The van der Waals surface area contributed by atoms with E-state index in [1.165, 1.54) is 0 Å². The number of alkyl halides is 1. The molecule has 3 aromatic carbocycles. The standard InChI is InChI=1S/C23H18ClN3O4/c1-15-6-5-7-17(12-15)26-21(28)25-22(29)27(23(26)30)18-10-11-20(16(13-18)14-24)31-19-8-3-2-4-9-19/h2-13H,14H2,1H3,(H,25,28,29). The summed E-state index contributed by atoms with van der Waals surface area (Å²) < 4.78 is 7.68. The molecule has 0 fully saturated rings. The van der Waals surface area contributed by atoms with Gasteiger partial charge in [-0.3, -0.25) is 4.98 Å². The van der Waals surface area contributed by atoms with Crippen LogP contribution in [-0.4, -0.2) is 14.1 Å². The molecule has 1 heterocycles. The Morgan fingerprint density at radius 3 is 2.16 bits per heavy atom. The van der Waals surface area contributed by atoms with E-state index < -0.39 is 17.1 Å². The summed E-state index contributed by atoms with van der Waals surface area (Å²) in [6, 6.07) is 20.8. The summed E-state index contributed by atoms with van der Waals surface area (Å²) >= 11 is 6.10. The van der Waals surface area contributed by atoms with Crippen LogP contribution in [-0.2, 0) is 5.88 Å². The summed E-state index contributed by atoms with van der Waals surface area (Å²) in [5.41, 5.74) is -0.340. The predicted molar refractivity (Wildman–Crippen MR) is 119 cm³/mol. The molecule has 0 saturated carbocycles. The van der Waals surface area contributed by atoms with E-state index in [0.29, 0.717) is 22.7 Å². The topological polar surface area (TPSA) is 86.1 Å². The Bertz CT molecular complexity index is 1420. The van der Waals surface area contributed by atoms with Crippen molar-refractivity contribution in [1.29, 1.82) is 0 Å². The smallest absolute Gasteiger partial charge is 0.345 e. The minimum atomic E-state index is -0.837. The summed E-state index contributed by atoms with van der Waals surface area (Å²) in [6.45, 7) is 1.84. The first-order valence-corrected chi connectivity index (χ1v) is 9.99. The van der Waals surface area contributed by atoms with Crippen LogP contribution in [0.1, 0.15) is 11.1 Å². The molecule has 156 valence electrons. The van der Waals surface area contributed by atoms with Crippen LogP contribution in [0.2, 0.25) is 0 Å². The molecule has 31 heavy (non-hydrogen) atoms. The summed E-state index contributed by atoms with van der Waals surface area (Å²) in [5, 5.41) is 0. The van der Waals surface area contributed by atoms with E-state index in [-0.39, 0.29) is 11.6 Å². The van der Waals surface area contributed by atoms with Gasteiger partial charge < -0.3 is 4.74 Å². The van der Waals surface area contributed by atoms with Crippen molar-refractivity contribution in [2.45, 2.75) is 12.8 Å². The van der Waals surface area contributed by atoms with E-state index >= 15 is 0 Å². The summed E-state index contributed by atoms with van der Waals surface area (Å²) in [4.78, 5) is 40.3. The highest BCUT2D eigenvalue weighted by Gasteiger charge is 2.15. The number of H-pyrrole nitrogens is 1. The molecule has 0 unspecified atom stereocenters. The van der Waals surface area contributed by atoms with E-state index in [0.717, 1.165) is 14.7 Å². The molecule has 0 atom stereocenters. The van der Waals surface area contributed by atoms with Crippen molar-refractivity contribution in [3.8, 4) is 22.9 Å². The fraction of sp³-hybridized carbons (Fsp3) is 0.0870. The lowest BCUT2D eigenvalue weighted by molar-refractivity contribution is 0.478. The number of halogens is 1. The maximum absolute atomic E-state index is 13.1. The minimum Gasteiger partial charge on any atom is -0.457 e. The van der Waals surface area contributed by atoms with Crippen LogP contribution in [0.25, 0.3) is 11.4 Å². The van der Waals surface area contributed by atoms with Gasteiger partial charge >= 0.3 is 17.1 Å². The molecule has 7 nitrogen and oxygen atoms in total. The Balaban J connectivity index is 1.85. The van der Waals surface area contributed by atoms with Crippen molar-refractivity contribution >= 4 is 11.6 Å². The summed E-state index contributed by atoms with van der Waals surface area (Å²) in [6.07, 6.45) is 0. The zero-order chi connectivity index (χ0) is 22.0. The van der Waals surface area contributed by atoms with Crippen molar-refractivity contribution in [1.82, 2.24) is 14.1 Å². The number of benzene rings is 3. The Labute approximate surface area is 181 Å². The average molecular weight is 436 g/mol. The molecule has 0 radical (unpaired) electrons.